The van der Waals surface area contributed by atoms with Crippen molar-refractivity contribution in [2.45, 2.75) is 46.0 Å². The van der Waals surface area contributed by atoms with Gasteiger partial charge in [0.15, 0.2) is 6.61 Å². The van der Waals surface area contributed by atoms with Gasteiger partial charge in [-0.25, -0.2) is 0 Å². The van der Waals surface area contributed by atoms with E-state index in [1.807, 2.05) is 13.0 Å². The summed E-state index contributed by atoms with van der Waals surface area (Å²) in [4.78, 5) is 38.2. The van der Waals surface area contributed by atoms with Gasteiger partial charge in [0.1, 0.15) is 0 Å². The molecule has 2 bridgehead atoms. The van der Waals surface area contributed by atoms with Crippen LogP contribution in [0, 0.1) is 24.7 Å². The predicted molar refractivity (Wildman–Crippen MR) is 112 cm³/mol. The second kappa shape index (κ2) is 9.61. The van der Waals surface area contributed by atoms with Gasteiger partial charge in [0, 0.05) is 23.7 Å². The molecule has 0 aromatic heterocycles. The number of fused-ring (bicyclic) bond motifs is 2. The minimum atomic E-state index is -0.369. The molecule has 0 saturated heterocycles. The summed E-state index contributed by atoms with van der Waals surface area (Å²) in [5, 5.41) is 3.30. The number of esters is 1. The quantitative estimate of drug-likeness (QED) is 0.649. The van der Waals surface area contributed by atoms with Gasteiger partial charge in [-0.1, -0.05) is 24.1 Å². The molecule has 1 aromatic rings. The van der Waals surface area contributed by atoms with Gasteiger partial charge in [-0.3, -0.25) is 14.4 Å². The van der Waals surface area contributed by atoms with Crippen LogP contribution >= 0.6 is 11.6 Å². The molecule has 0 radical (unpaired) electrons. The first-order chi connectivity index (χ1) is 13.9. The number of halogens is 1. The Balaban J connectivity index is 1.43. The first-order valence-electron chi connectivity index (χ1n) is 10.3. The smallest absolute Gasteiger partial charge is 0.306 e. The van der Waals surface area contributed by atoms with E-state index in [1.165, 1.54) is 24.2 Å². The van der Waals surface area contributed by atoms with Crippen LogP contribution in [0.25, 0.3) is 0 Å². The van der Waals surface area contributed by atoms with Crippen molar-refractivity contribution in [1.29, 1.82) is 0 Å². The molecule has 1 N–H and O–H groups in total. The lowest BCUT2D eigenvalue weighted by Crippen LogP contribution is -2.40. The first kappa shape index (κ1) is 21.6. The Morgan fingerprint density at radius 1 is 1.24 bits per heavy atom. The molecule has 2 amide bonds. The van der Waals surface area contributed by atoms with Gasteiger partial charge < -0.3 is 15.0 Å². The third-order valence-electron chi connectivity index (χ3n) is 6.21. The maximum atomic E-state index is 12.4. The molecule has 3 rings (SSSR count). The highest BCUT2D eigenvalue weighted by atomic mass is 35.5. The number of aryl methyl sites for hydroxylation is 1. The molecular weight excluding hydrogens is 392 g/mol. The number of anilines is 1. The number of carbonyl (C=O) groups is 3. The van der Waals surface area contributed by atoms with E-state index in [0.29, 0.717) is 35.5 Å². The maximum absolute atomic E-state index is 12.4. The molecule has 0 aliphatic heterocycles. The minimum absolute atomic E-state index is 0.106. The van der Waals surface area contributed by atoms with Crippen molar-refractivity contribution in [3.8, 4) is 0 Å². The van der Waals surface area contributed by atoms with Crippen molar-refractivity contribution in [2.24, 2.45) is 17.8 Å². The summed E-state index contributed by atoms with van der Waals surface area (Å²) in [5.74, 6) is 0.827. The molecule has 2 aliphatic carbocycles. The van der Waals surface area contributed by atoms with Crippen LogP contribution in [0.1, 0.15) is 44.6 Å². The normalized spacial score (nSPS) is 22.4. The average Bonchev–Trinajstić information content (AvgIpc) is 3.30. The van der Waals surface area contributed by atoms with Gasteiger partial charge in [-0.2, -0.15) is 0 Å². The van der Waals surface area contributed by atoms with Gasteiger partial charge in [0.05, 0.1) is 6.54 Å². The minimum Gasteiger partial charge on any atom is -0.456 e. The summed E-state index contributed by atoms with van der Waals surface area (Å²) in [6.07, 6.45) is 5.25. The lowest BCUT2D eigenvalue weighted by molar-refractivity contribution is -0.153. The van der Waals surface area contributed by atoms with E-state index in [9.17, 15) is 14.4 Å². The van der Waals surface area contributed by atoms with Gasteiger partial charge in [-0.05, 0) is 68.6 Å². The van der Waals surface area contributed by atoms with Gasteiger partial charge >= 0.3 is 5.97 Å². The highest BCUT2D eigenvalue weighted by Gasteiger charge is 2.40. The van der Waals surface area contributed by atoms with Crippen molar-refractivity contribution < 1.29 is 19.1 Å². The molecule has 2 fully saturated rings. The van der Waals surface area contributed by atoms with Crippen LogP contribution in [0.2, 0.25) is 5.02 Å². The topological polar surface area (TPSA) is 75.7 Å². The van der Waals surface area contributed by atoms with Crippen LogP contribution < -0.4 is 5.32 Å². The lowest BCUT2D eigenvalue weighted by Gasteiger charge is -2.22. The fourth-order valence-electron chi connectivity index (χ4n) is 4.60. The predicted octanol–water partition coefficient (Wildman–Crippen LogP) is 3.80. The Hall–Kier alpha value is -2.08. The Kier molecular flexibility index (Phi) is 7.17. The van der Waals surface area contributed by atoms with Crippen LogP contribution in [-0.2, 0) is 19.1 Å². The third kappa shape index (κ3) is 5.72. The fourth-order valence-corrected chi connectivity index (χ4v) is 4.77. The fraction of sp³-hybridized carbons (Fsp3) is 0.591. The lowest BCUT2D eigenvalue weighted by atomic mass is 9.86. The summed E-state index contributed by atoms with van der Waals surface area (Å²) in [6, 6.07) is 5.24. The standard InChI is InChI=1S/C22H29ClN2O4/c1-3-25(12-20(26)24-19-11-18(23)7-4-14(19)2)21(27)13-29-22(28)10-17-9-15-5-6-16(17)8-15/h4,7,11,15-17H,3,5-6,8-10,12-13H2,1-2H3,(H,24,26)/t15-,16-,17+/m1/s1. The van der Waals surface area contributed by atoms with Crippen molar-refractivity contribution in [2.75, 3.05) is 25.0 Å². The number of nitrogens with zero attached hydrogens (tertiary/aromatic N) is 1. The molecule has 158 valence electrons. The summed E-state index contributed by atoms with van der Waals surface area (Å²) < 4.78 is 5.21. The van der Waals surface area contributed by atoms with Crippen molar-refractivity contribution in [1.82, 2.24) is 4.90 Å². The highest BCUT2D eigenvalue weighted by molar-refractivity contribution is 6.31. The highest BCUT2D eigenvalue weighted by Crippen LogP contribution is 2.49. The van der Waals surface area contributed by atoms with Crippen LogP contribution in [-0.4, -0.2) is 42.4 Å². The number of hydrogen-bond acceptors (Lipinski definition) is 4. The second-order valence-corrected chi connectivity index (χ2v) is 8.65. The summed E-state index contributed by atoms with van der Waals surface area (Å²) >= 11 is 5.97. The number of benzene rings is 1. The van der Waals surface area contributed by atoms with Gasteiger partial charge in [0.25, 0.3) is 5.91 Å². The van der Waals surface area contributed by atoms with E-state index < -0.39 is 0 Å². The number of carbonyl (C=O) groups excluding carboxylic acids is 3. The summed E-state index contributed by atoms with van der Waals surface area (Å²) in [6.45, 7) is 3.57. The molecule has 0 unspecified atom stereocenters. The molecule has 29 heavy (non-hydrogen) atoms. The number of hydrogen-bond donors (Lipinski definition) is 1. The second-order valence-electron chi connectivity index (χ2n) is 8.22. The summed E-state index contributed by atoms with van der Waals surface area (Å²) in [5.41, 5.74) is 1.50. The molecule has 0 spiro atoms. The molecule has 6 nitrogen and oxygen atoms in total. The van der Waals surface area contributed by atoms with Gasteiger partial charge in [-0.15, -0.1) is 0 Å². The van der Waals surface area contributed by atoms with Crippen LogP contribution in [0.5, 0.6) is 0 Å². The molecule has 1 aromatic carbocycles. The molecule has 2 aliphatic rings. The largest absolute Gasteiger partial charge is 0.456 e. The zero-order valence-corrected chi connectivity index (χ0v) is 17.8. The number of nitrogens with one attached hydrogen (secondary N) is 1. The zero-order valence-electron chi connectivity index (χ0n) is 17.1. The first-order valence-corrected chi connectivity index (χ1v) is 10.7. The van der Waals surface area contributed by atoms with Crippen LogP contribution in [0.15, 0.2) is 18.2 Å². The Morgan fingerprint density at radius 3 is 2.69 bits per heavy atom. The van der Waals surface area contributed by atoms with E-state index in [4.69, 9.17) is 16.3 Å². The van der Waals surface area contributed by atoms with E-state index in [0.717, 1.165) is 17.9 Å². The SMILES string of the molecule is CCN(CC(=O)Nc1cc(Cl)ccc1C)C(=O)COC(=O)C[C@@H]1C[C@@H]2CC[C@@H]1C2. The average molecular weight is 421 g/mol. The maximum Gasteiger partial charge on any atom is 0.306 e. The van der Waals surface area contributed by atoms with Crippen LogP contribution in [0.4, 0.5) is 5.69 Å². The van der Waals surface area contributed by atoms with E-state index >= 15 is 0 Å². The number of likely N-dealkylation sites (N-methyl/N-ethyl adjacent to an activating group) is 1. The van der Waals surface area contributed by atoms with Crippen LogP contribution in [0.3, 0.4) is 0 Å². The Morgan fingerprint density at radius 2 is 2.03 bits per heavy atom. The van der Waals surface area contributed by atoms with E-state index in [-0.39, 0.29) is 30.9 Å². The van der Waals surface area contributed by atoms with E-state index in [2.05, 4.69) is 5.32 Å². The number of amides is 2. The zero-order chi connectivity index (χ0) is 21.0. The molecular formula is C22H29ClN2O4. The third-order valence-corrected chi connectivity index (χ3v) is 6.45. The Labute approximate surface area is 176 Å². The Bertz CT molecular complexity index is 782. The number of ether oxygens (including phenoxy) is 1. The summed E-state index contributed by atoms with van der Waals surface area (Å²) in [7, 11) is 0. The number of rotatable bonds is 8. The van der Waals surface area contributed by atoms with Crippen molar-refractivity contribution >= 4 is 35.1 Å². The van der Waals surface area contributed by atoms with E-state index in [1.54, 1.807) is 19.1 Å². The van der Waals surface area contributed by atoms with Gasteiger partial charge in [0.2, 0.25) is 5.91 Å². The molecule has 0 heterocycles. The molecule has 2 saturated carbocycles. The molecule has 7 heteroatoms. The van der Waals surface area contributed by atoms with Crippen molar-refractivity contribution in [3.63, 3.8) is 0 Å². The monoisotopic (exact) mass is 420 g/mol. The van der Waals surface area contributed by atoms with Crippen molar-refractivity contribution in [3.05, 3.63) is 28.8 Å². The molecule has 3 atom stereocenters.